The number of β-amino-alcohol motifs (C(OH)–C–C–N with tert-alkyl or cyclic N) is 2. The molecular formula is C13H15N3O3. The first kappa shape index (κ1) is 12.1. The Morgan fingerprint density at radius 2 is 1.89 bits per heavy atom. The molecule has 3 rings (SSSR count). The monoisotopic (exact) mass is 261 g/mol. The SMILES string of the molecule is Cn1nc(C(=O)N2CC(O)C(O)C2)c2ccccc21. The number of aryl methyl sites for hydroxylation is 1. The van der Waals surface area contributed by atoms with Crippen LogP contribution in [0.25, 0.3) is 10.9 Å². The molecule has 2 aromatic rings. The molecule has 2 unspecified atom stereocenters. The lowest BCUT2D eigenvalue weighted by Gasteiger charge is -2.13. The lowest BCUT2D eigenvalue weighted by Crippen LogP contribution is -2.30. The van der Waals surface area contributed by atoms with Crippen LogP contribution in [-0.4, -0.2) is 56.1 Å². The summed E-state index contributed by atoms with van der Waals surface area (Å²) in [5.74, 6) is -0.257. The fraction of sp³-hybridized carbons (Fsp3) is 0.385. The number of hydrogen-bond donors (Lipinski definition) is 2. The van der Waals surface area contributed by atoms with Crippen molar-refractivity contribution < 1.29 is 15.0 Å². The molecule has 2 heterocycles. The lowest BCUT2D eigenvalue weighted by atomic mass is 10.2. The minimum atomic E-state index is -0.876. The molecule has 1 amide bonds. The van der Waals surface area contributed by atoms with Gasteiger partial charge in [0.15, 0.2) is 5.69 Å². The second-order valence-electron chi connectivity index (χ2n) is 4.83. The van der Waals surface area contributed by atoms with Crippen LogP contribution in [0.2, 0.25) is 0 Å². The van der Waals surface area contributed by atoms with Crippen molar-refractivity contribution in [3.05, 3.63) is 30.0 Å². The molecule has 0 saturated carbocycles. The lowest BCUT2D eigenvalue weighted by molar-refractivity contribution is 0.0572. The van der Waals surface area contributed by atoms with Gasteiger partial charge in [-0.15, -0.1) is 0 Å². The second kappa shape index (κ2) is 4.32. The van der Waals surface area contributed by atoms with Gasteiger partial charge in [0, 0.05) is 25.5 Å². The Morgan fingerprint density at radius 3 is 2.58 bits per heavy atom. The Morgan fingerprint density at radius 1 is 1.26 bits per heavy atom. The van der Waals surface area contributed by atoms with E-state index in [0.717, 1.165) is 10.9 Å². The molecule has 6 heteroatoms. The summed E-state index contributed by atoms with van der Waals surface area (Å²) in [6.45, 7) is 0.288. The van der Waals surface area contributed by atoms with Crippen LogP contribution in [0, 0.1) is 0 Å². The molecule has 2 atom stereocenters. The fourth-order valence-corrected chi connectivity index (χ4v) is 2.46. The van der Waals surface area contributed by atoms with E-state index in [4.69, 9.17) is 0 Å². The summed E-state index contributed by atoms with van der Waals surface area (Å²) in [5, 5.41) is 24.1. The summed E-state index contributed by atoms with van der Waals surface area (Å²) in [7, 11) is 1.78. The zero-order valence-corrected chi connectivity index (χ0v) is 10.5. The van der Waals surface area contributed by atoms with Crippen molar-refractivity contribution in [1.29, 1.82) is 0 Å². The van der Waals surface area contributed by atoms with Crippen molar-refractivity contribution in [3.63, 3.8) is 0 Å². The molecule has 1 saturated heterocycles. The number of likely N-dealkylation sites (tertiary alicyclic amines) is 1. The summed E-state index contributed by atoms with van der Waals surface area (Å²) < 4.78 is 1.66. The van der Waals surface area contributed by atoms with Crippen molar-refractivity contribution in [2.75, 3.05) is 13.1 Å². The van der Waals surface area contributed by atoms with Crippen LogP contribution < -0.4 is 0 Å². The number of rotatable bonds is 1. The number of para-hydroxylation sites is 1. The smallest absolute Gasteiger partial charge is 0.275 e. The van der Waals surface area contributed by atoms with Crippen molar-refractivity contribution in [3.8, 4) is 0 Å². The predicted molar refractivity (Wildman–Crippen MR) is 68.6 cm³/mol. The van der Waals surface area contributed by atoms with E-state index in [1.165, 1.54) is 4.90 Å². The predicted octanol–water partition coefficient (Wildman–Crippen LogP) is -0.249. The van der Waals surface area contributed by atoms with Gasteiger partial charge < -0.3 is 15.1 Å². The molecule has 6 nitrogen and oxygen atoms in total. The molecule has 19 heavy (non-hydrogen) atoms. The zero-order valence-electron chi connectivity index (χ0n) is 10.5. The number of fused-ring (bicyclic) bond motifs is 1. The van der Waals surface area contributed by atoms with Gasteiger partial charge in [-0.1, -0.05) is 18.2 Å². The number of benzene rings is 1. The first-order chi connectivity index (χ1) is 9.08. The summed E-state index contributed by atoms with van der Waals surface area (Å²) >= 11 is 0. The third-order valence-corrected chi connectivity index (χ3v) is 3.51. The van der Waals surface area contributed by atoms with Gasteiger partial charge in [-0.3, -0.25) is 9.48 Å². The van der Waals surface area contributed by atoms with E-state index in [2.05, 4.69) is 5.10 Å². The number of carbonyl (C=O) groups is 1. The van der Waals surface area contributed by atoms with Crippen LogP contribution in [-0.2, 0) is 7.05 Å². The number of nitrogens with zero attached hydrogens (tertiary/aromatic N) is 3. The highest BCUT2D eigenvalue weighted by molar-refractivity contribution is 6.04. The fourth-order valence-electron chi connectivity index (χ4n) is 2.46. The Labute approximate surface area is 109 Å². The van der Waals surface area contributed by atoms with Gasteiger partial charge >= 0.3 is 0 Å². The molecule has 0 aliphatic carbocycles. The van der Waals surface area contributed by atoms with Gasteiger partial charge in [-0.05, 0) is 6.07 Å². The number of carbonyl (C=O) groups excluding carboxylic acids is 1. The normalized spacial score (nSPS) is 23.2. The van der Waals surface area contributed by atoms with Crippen LogP contribution in [0.15, 0.2) is 24.3 Å². The molecule has 2 N–H and O–H groups in total. The highest BCUT2D eigenvalue weighted by atomic mass is 16.3. The summed E-state index contributed by atoms with van der Waals surface area (Å²) in [4.78, 5) is 13.8. The maximum Gasteiger partial charge on any atom is 0.275 e. The summed E-state index contributed by atoms with van der Waals surface area (Å²) in [5.41, 5.74) is 1.24. The minimum Gasteiger partial charge on any atom is -0.388 e. The maximum absolute atomic E-state index is 12.4. The number of aromatic nitrogens is 2. The Hall–Kier alpha value is -1.92. The van der Waals surface area contributed by atoms with Gasteiger partial charge in [0.25, 0.3) is 5.91 Å². The van der Waals surface area contributed by atoms with E-state index in [0.29, 0.717) is 5.69 Å². The maximum atomic E-state index is 12.4. The second-order valence-corrected chi connectivity index (χ2v) is 4.83. The van der Waals surface area contributed by atoms with Gasteiger partial charge in [-0.25, -0.2) is 0 Å². The molecule has 100 valence electrons. The van der Waals surface area contributed by atoms with E-state index in [1.807, 2.05) is 24.3 Å². The standard InChI is InChI=1S/C13H15N3O3/c1-15-9-5-3-2-4-8(9)12(14-15)13(19)16-6-10(17)11(18)7-16/h2-5,10-11,17-18H,6-7H2,1H3. The van der Waals surface area contributed by atoms with Gasteiger partial charge in [0.1, 0.15) is 0 Å². The molecule has 0 spiro atoms. The van der Waals surface area contributed by atoms with Crippen molar-refractivity contribution in [2.24, 2.45) is 7.05 Å². The molecule has 1 aliphatic heterocycles. The summed E-state index contributed by atoms with van der Waals surface area (Å²) in [6.07, 6.45) is -1.75. The highest BCUT2D eigenvalue weighted by Crippen LogP contribution is 2.21. The van der Waals surface area contributed by atoms with E-state index >= 15 is 0 Å². The van der Waals surface area contributed by atoms with Crippen LogP contribution >= 0.6 is 0 Å². The zero-order chi connectivity index (χ0) is 13.6. The number of hydrogen-bond acceptors (Lipinski definition) is 4. The van der Waals surface area contributed by atoms with E-state index in [1.54, 1.807) is 11.7 Å². The molecule has 1 fully saturated rings. The highest BCUT2D eigenvalue weighted by Gasteiger charge is 2.34. The van der Waals surface area contributed by atoms with E-state index < -0.39 is 12.2 Å². The molecular weight excluding hydrogens is 246 g/mol. The molecule has 1 aromatic heterocycles. The van der Waals surface area contributed by atoms with Crippen LogP contribution in [0.3, 0.4) is 0 Å². The molecule has 0 bridgehead atoms. The molecule has 0 radical (unpaired) electrons. The quantitative estimate of drug-likeness (QED) is 0.742. The first-order valence-electron chi connectivity index (χ1n) is 6.15. The Kier molecular flexibility index (Phi) is 2.76. The topological polar surface area (TPSA) is 78.6 Å². The number of amides is 1. The third kappa shape index (κ3) is 1.89. The van der Waals surface area contributed by atoms with Gasteiger partial charge in [0.2, 0.25) is 0 Å². The van der Waals surface area contributed by atoms with E-state index in [-0.39, 0.29) is 19.0 Å². The molecule has 1 aromatic carbocycles. The minimum absolute atomic E-state index is 0.144. The number of aliphatic hydroxyl groups is 2. The van der Waals surface area contributed by atoms with Crippen LogP contribution in [0.4, 0.5) is 0 Å². The van der Waals surface area contributed by atoms with Gasteiger partial charge in [-0.2, -0.15) is 5.10 Å². The van der Waals surface area contributed by atoms with Crippen molar-refractivity contribution in [1.82, 2.24) is 14.7 Å². The first-order valence-corrected chi connectivity index (χ1v) is 6.15. The Balaban J connectivity index is 1.99. The van der Waals surface area contributed by atoms with Crippen molar-refractivity contribution >= 4 is 16.8 Å². The largest absolute Gasteiger partial charge is 0.388 e. The average Bonchev–Trinajstić information content (AvgIpc) is 2.91. The number of aliphatic hydroxyl groups excluding tert-OH is 2. The van der Waals surface area contributed by atoms with E-state index in [9.17, 15) is 15.0 Å². The summed E-state index contributed by atoms with van der Waals surface area (Å²) in [6, 6.07) is 7.49. The van der Waals surface area contributed by atoms with Crippen LogP contribution in [0.1, 0.15) is 10.5 Å². The van der Waals surface area contributed by atoms with Crippen molar-refractivity contribution in [2.45, 2.75) is 12.2 Å². The molecule has 1 aliphatic rings. The van der Waals surface area contributed by atoms with Crippen LogP contribution in [0.5, 0.6) is 0 Å². The average molecular weight is 261 g/mol. The third-order valence-electron chi connectivity index (χ3n) is 3.51. The Bertz CT molecular complexity index is 627. The van der Waals surface area contributed by atoms with Gasteiger partial charge in [0.05, 0.1) is 17.7 Å².